The molecule has 0 radical (unpaired) electrons. The van der Waals surface area contributed by atoms with Crippen LogP contribution < -0.4 is 14.9 Å². The first-order chi connectivity index (χ1) is 11.1. The number of hydrogen-bond acceptors (Lipinski definition) is 5. The van der Waals surface area contributed by atoms with Crippen LogP contribution in [0.4, 0.5) is 8.78 Å². The van der Waals surface area contributed by atoms with E-state index in [1.54, 1.807) is 6.92 Å². The van der Waals surface area contributed by atoms with Crippen molar-refractivity contribution in [3.8, 4) is 11.5 Å². The molecule has 0 saturated carbocycles. The van der Waals surface area contributed by atoms with Gasteiger partial charge in [0.1, 0.15) is 11.5 Å². The van der Waals surface area contributed by atoms with Gasteiger partial charge in [0, 0.05) is 18.6 Å². The Morgan fingerprint density at radius 3 is 2.21 bits per heavy atom. The molecule has 0 aromatic heterocycles. The molecule has 24 heavy (non-hydrogen) atoms. The van der Waals surface area contributed by atoms with Crippen molar-refractivity contribution in [1.29, 1.82) is 0 Å². The van der Waals surface area contributed by atoms with Gasteiger partial charge in [-0.15, -0.1) is 0 Å². The number of methoxy groups -OCH3 is 1. The van der Waals surface area contributed by atoms with Crippen molar-refractivity contribution in [1.82, 2.24) is 0 Å². The zero-order valence-electron chi connectivity index (χ0n) is 14.8. The summed E-state index contributed by atoms with van der Waals surface area (Å²) >= 11 is 0. The molecular weight excluding hydrogens is 321 g/mol. The molecule has 0 spiro atoms. The number of rotatable bonds is 6. The third kappa shape index (κ3) is 3.82. The van der Waals surface area contributed by atoms with Crippen LogP contribution in [0, 0.1) is 6.92 Å². The first kappa shape index (κ1) is 19.0. The van der Waals surface area contributed by atoms with Gasteiger partial charge in [0.05, 0.1) is 11.2 Å². The minimum atomic E-state index is -2.91. The highest BCUT2D eigenvalue weighted by atomic mass is 19.3. The van der Waals surface area contributed by atoms with Gasteiger partial charge in [0.25, 0.3) is 0 Å². The van der Waals surface area contributed by atoms with Crippen molar-refractivity contribution in [2.45, 2.75) is 52.4 Å². The highest BCUT2D eigenvalue weighted by Crippen LogP contribution is 2.38. The third-order valence-corrected chi connectivity index (χ3v) is 4.37. The molecule has 2 rings (SSSR count). The highest BCUT2D eigenvalue weighted by molar-refractivity contribution is 6.63. The first-order valence-corrected chi connectivity index (χ1v) is 7.64. The zero-order chi connectivity index (χ0) is 18.1. The summed E-state index contributed by atoms with van der Waals surface area (Å²) in [6, 6.07) is 2.89. The Kier molecular flexibility index (Phi) is 5.42. The summed E-state index contributed by atoms with van der Waals surface area (Å²) in [5, 5.41) is 0. The summed E-state index contributed by atoms with van der Waals surface area (Å²) < 4.78 is 52.0. The molecule has 5 nitrogen and oxygen atoms in total. The second-order valence-electron chi connectivity index (χ2n) is 6.67. The van der Waals surface area contributed by atoms with E-state index in [4.69, 9.17) is 18.8 Å². The van der Waals surface area contributed by atoms with Crippen LogP contribution in [0.15, 0.2) is 12.1 Å². The van der Waals surface area contributed by atoms with Crippen LogP contribution in [-0.2, 0) is 14.0 Å². The quantitative estimate of drug-likeness (QED) is 0.587. The van der Waals surface area contributed by atoms with Crippen molar-refractivity contribution in [3.05, 3.63) is 17.7 Å². The Balaban J connectivity index is 2.41. The largest absolute Gasteiger partial charge is 0.498 e. The summed E-state index contributed by atoms with van der Waals surface area (Å²) in [4.78, 5) is 0. The Hall–Kier alpha value is -1.38. The Morgan fingerprint density at radius 2 is 1.71 bits per heavy atom. The van der Waals surface area contributed by atoms with Gasteiger partial charge in [0.15, 0.2) is 6.79 Å². The standard InChI is InChI=1S/C16H23BF2O5/c1-10-7-11(22-14(18)19)8-12(21-9-20-6)13(10)17-23-15(2,3)16(4,5)24-17/h7-8,14H,9H2,1-6H3. The molecule has 1 aromatic carbocycles. The molecule has 1 aliphatic heterocycles. The average Bonchev–Trinajstić information content (AvgIpc) is 2.63. The van der Waals surface area contributed by atoms with Crippen molar-refractivity contribution >= 4 is 12.6 Å². The smallest absolute Gasteiger partial charge is 0.468 e. The minimum absolute atomic E-state index is 0.00821. The lowest BCUT2D eigenvalue weighted by molar-refractivity contribution is -0.0500. The summed E-state index contributed by atoms with van der Waals surface area (Å²) in [7, 11) is 0.795. The van der Waals surface area contributed by atoms with Crippen LogP contribution in [0.25, 0.3) is 0 Å². The summed E-state index contributed by atoms with van der Waals surface area (Å²) in [6.07, 6.45) is 0. The maximum atomic E-state index is 12.5. The molecule has 1 fully saturated rings. The lowest BCUT2D eigenvalue weighted by Crippen LogP contribution is -2.41. The molecule has 8 heteroatoms. The average molecular weight is 344 g/mol. The van der Waals surface area contributed by atoms with Gasteiger partial charge >= 0.3 is 13.7 Å². The molecule has 0 unspecified atom stereocenters. The molecule has 0 atom stereocenters. The normalized spacial score (nSPS) is 19.0. The fourth-order valence-corrected chi connectivity index (χ4v) is 2.41. The van der Waals surface area contributed by atoms with Crippen LogP contribution in [0.3, 0.4) is 0 Å². The van der Waals surface area contributed by atoms with Crippen LogP contribution in [0.5, 0.6) is 11.5 Å². The van der Waals surface area contributed by atoms with Gasteiger partial charge in [-0.05, 0) is 46.2 Å². The molecule has 1 saturated heterocycles. The molecule has 0 amide bonds. The minimum Gasteiger partial charge on any atom is -0.468 e. The van der Waals surface area contributed by atoms with E-state index in [1.807, 2.05) is 27.7 Å². The number of hydrogen-bond donors (Lipinski definition) is 0. The lowest BCUT2D eigenvalue weighted by atomic mass is 9.75. The second-order valence-corrected chi connectivity index (χ2v) is 6.67. The van der Waals surface area contributed by atoms with E-state index in [-0.39, 0.29) is 12.5 Å². The van der Waals surface area contributed by atoms with Crippen LogP contribution in [0.2, 0.25) is 0 Å². The lowest BCUT2D eigenvalue weighted by Gasteiger charge is -2.32. The predicted octanol–water partition coefficient (Wildman–Crippen LogP) is 2.88. The molecular formula is C16H23BF2O5. The van der Waals surface area contributed by atoms with Gasteiger partial charge in [-0.25, -0.2) is 0 Å². The van der Waals surface area contributed by atoms with E-state index in [1.165, 1.54) is 19.2 Å². The maximum absolute atomic E-state index is 12.5. The number of aryl methyl sites for hydroxylation is 1. The van der Waals surface area contributed by atoms with Crippen LogP contribution in [-0.4, -0.2) is 38.8 Å². The van der Waals surface area contributed by atoms with Gasteiger partial charge in [-0.2, -0.15) is 8.78 Å². The van der Waals surface area contributed by atoms with Crippen LogP contribution in [0.1, 0.15) is 33.3 Å². The predicted molar refractivity (Wildman–Crippen MR) is 86.0 cm³/mol. The monoisotopic (exact) mass is 344 g/mol. The molecule has 0 aliphatic carbocycles. The van der Waals surface area contributed by atoms with Crippen molar-refractivity contribution < 1.29 is 32.3 Å². The van der Waals surface area contributed by atoms with Crippen molar-refractivity contribution in [3.63, 3.8) is 0 Å². The molecule has 134 valence electrons. The first-order valence-electron chi connectivity index (χ1n) is 7.64. The van der Waals surface area contributed by atoms with Gasteiger partial charge in [-0.3, -0.25) is 0 Å². The molecule has 0 bridgehead atoms. The number of halogens is 2. The molecule has 0 N–H and O–H groups in total. The Morgan fingerprint density at radius 1 is 1.12 bits per heavy atom. The van der Waals surface area contributed by atoms with E-state index in [2.05, 4.69) is 4.74 Å². The van der Waals surface area contributed by atoms with E-state index in [9.17, 15) is 8.78 Å². The maximum Gasteiger partial charge on any atom is 0.498 e. The van der Waals surface area contributed by atoms with Gasteiger partial charge in [-0.1, -0.05) is 0 Å². The molecule has 1 aromatic rings. The summed E-state index contributed by atoms with van der Waals surface area (Å²) in [6.45, 7) is 6.56. The fourth-order valence-electron chi connectivity index (χ4n) is 2.41. The number of ether oxygens (including phenoxy) is 3. The number of alkyl halides is 2. The molecule has 1 aliphatic rings. The number of benzene rings is 1. The van der Waals surface area contributed by atoms with E-state index in [0.717, 1.165) is 0 Å². The highest BCUT2D eigenvalue weighted by Gasteiger charge is 2.53. The van der Waals surface area contributed by atoms with E-state index in [0.29, 0.717) is 16.8 Å². The Labute approximate surface area is 141 Å². The zero-order valence-corrected chi connectivity index (χ0v) is 14.8. The second kappa shape index (κ2) is 6.86. The topological polar surface area (TPSA) is 46.2 Å². The summed E-state index contributed by atoms with van der Waals surface area (Å²) in [5.74, 6) is 0.333. The Bertz CT molecular complexity index is 576. The SMILES string of the molecule is COCOc1cc(OC(F)F)cc(C)c1B1OC(C)(C)C(C)(C)O1. The van der Waals surface area contributed by atoms with Gasteiger partial charge in [0.2, 0.25) is 0 Å². The van der Waals surface area contributed by atoms with E-state index < -0.39 is 24.9 Å². The van der Waals surface area contributed by atoms with Gasteiger partial charge < -0.3 is 23.5 Å². The molecule has 1 heterocycles. The summed E-state index contributed by atoms with van der Waals surface area (Å²) in [5.41, 5.74) is 0.242. The van der Waals surface area contributed by atoms with E-state index >= 15 is 0 Å². The van der Waals surface area contributed by atoms with Crippen molar-refractivity contribution in [2.75, 3.05) is 13.9 Å². The third-order valence-electron chi connectivity index (χ3n) is 4.37. The van der Waals surface area contributed by atoms with Crippen LogP contribution >= 0.6 is 0 Å². The fraction of sp³-hybridized carbons (Fsp3) is 0.625. The van der Waals surface area contributed by atoms with Crippen molar-refractivity contribution in [2.24, 2.45) is 0 Å².